The monoisotopic (exact) mass is 440 g/mol. The van der Waals surface area contributed by atoms with E-state index in [1.807, 2.05) is 36.4 Å². The lowest BCUT2D eigenvalue weighted by Crippen LogP contribution is -2.04. The van der Waals surface area contributed by atoms with Gasteiger partial charge in [-0.2, -0.15) is 5.10 Å². The number of rotatable bonds is 7. The highest BCUT2D eigenvalue weighted by atomic mass is 16.5. The first-order valence-corrected chi connectivity index (χ1v) is 10.3. The molecule has 33 heavy (non-hydrogen) atoms. The van der Waals surface area contributed by atoms with Crippen LogP contribution >= 0.6 is 0 Å². The molecule has 0 aliphatic heterocycles. The molecule has 8 nitrogen and oxygen atoms in total. The van der Waals surface area contributed by atoms with Gasteiger partial charge in [0.15, 0.2) is 5.65 Å². The van der Waals surface area contributed by atoms with Crippen LogP contribution in [-0.2, 0) is 6.54 Å². The summed E-state index contributed by atoms with van der Waals surface area (Å²) in [7, 11) is 3.20. The summed E-state index contributed by atoms with van der Waals surface area (Å²) in [5, 5.41) is 8.62. The number of anilines is 2. The van der Waals surface area contributed by atoms with E-state index >= 15 is 0 Å². The van der Waals surface area contributed by atoms with Crippen LogP contribution in [0.3, 0.4) is 0 Å². The Hall–Kier alpha value is -4.51. The minimum Gasteiger partial charge on any atom is -0.497 e. The molecule has 0 saturated heterocycles. The fourth-order valence-corrected chi connectivity index (χ4v) is 3.38. The molecule has 8 heteroatoms. The van der Waals surface area contributed by atoms with E-state index in [9.17, 15) is 0 Å². The van der Waals surface area contributed by atoms with Gasteiger partial charge in [0.05, 0.1) is 26.2 Å². The highest BCUT2D eigenvalue weighted by molar-refractivity contribution is 5.90. The van der Waals surface area contributed by atoms with Crippen molar-refractivity contribution in [2.24, 2.45) is 0 Å². The second-order valence-electron chi connectivity index (χ2n) is 7.19. The molecule has 3 N–H and O–H groups in total. The number of nitrogens with zero attached hydrogens (tertiary/aromatic N) is 4. The molecular weight excluding hydrogens is 416 g/mol. The van der Waals surface area contributed by atoms with E-state index in [1.165, 1.54) is 6.33 Å². The van der Waals surface area contributed by atoms with E-state index in [1.54, 1.807) is 25.0 Å². The molecule has 4 rings (SSSR count). The fourth-order valence-electron chi connectivity index (χ4n) is 3.38. The predicted molar refractivity (Wildman–Crippen MR) is 129 cm³/mol. The van der Waals surface area contributed by atoms with Crippen molar-refractivity contribution < 1.29 is 9.47 Å². The average Bonchev–Trinajstić information content (AvgIpc) is 3.19. The molecular formula is C25H24N6O2. The summed E-state index contributed by atoms with van der Waals surface area (Å²) in [6, 6.07) is 13.5. The largest absolute Gasteiger partial charge is 0.497 e. The first-order valence-electron chi connectivity index (χ1n) is 10.3. The minimum atomic E-state index is 0.333. The van der Waals surface area contributed by atoms with Crippen LogP contribution in [-0.4, -0.2) is 40.5 Å². The summed E-state index contributed by atoms with van der Waals surface area (Å²) in [4.78, 5) is 8.55. The average molecular weight is 441 g/mol. The number of ether oxygens (including phenoxy) is 2. The molecule has 0 amide bonds. The van der Waals surface area contributed by atoms with Gasteiger partial charge >= 0.3 is 0 Å². The Morgan fingerprint density at radius 3 is 2.61 bits per heavy atom. The molecule has 166 valence electrons. The maximum atomic E-state index is 6.17. The Morgan fingerprint density at radius 2 is 1.88 bits per heavy atom. The van der Waals surface area contributed by atoms with Crippen molar-refractivity contribution in [3.63, 3.8) is 0 Å². The Balaban J connectivity index is 1.72. The van der Waals surface area contributed by atoms with Crippen LogP contribution in [0.1, 0.15) is 16.8 Å². The van der Waals surface area contributed by atoms with Crippen LogP contribution < -0.4 is 20.5 Å². The Morgan fingerprint density at radius 1 is 1.09 bits per heavy atom. The van der Waals surface area contributed by atoms with Crippen LogP contribution in [0.2, 0.25) is 0 Å². The van der Waals surface area contributed by atoms with E-state index in [0.29, 0.717) is 47.1 Å². The number of nitrogens with one attached hydrogen (secondary N) is 1. The quantitative estimate of drug-likeness (QED) is 0.335. The second kappa shape index (κ2) is 9.75. The van der Waals surface area contributed by atoms with E-state index in [0.717, 1.165) is 16.8 Å². The van der Waals surface area contributed by atoms with Crippen molar-refractivity contribution >= 4 is 22.5 Å². The van der Waals surface area contributed by atoms with Gasteiger partial charge in [0.2, 0.25) is 0 Å². The minimum absolute atomic E-state index is 0.333. The number of methoxy groups -OCH3 is 2. The summed E-state index contributed by atoms with van der Waals surface area (Å²) in [6.07, 6.45) is 3.25. The number of hydrogen-bond donors (Lipinski definition) is 2. The molecule has 0 unspecified atom stereocenters. The fraction of sp³-hybridized carbons (Fsp3) is 0.160. The lowest BCUT2D eigenvalue weighted by Gasteiger charge is -2.07. The predicted octanol–water partition coefficient (Wildman–Crippen LogP) is 3.47. The van der Waals surface area contributed by atoms with E-state index in [-0.39, 0.29) is 0 Å². The van der Waals surface area contributed by atoms with E-state index < -0.39 is 0 Å². The van der Waals surface area contributed by atoms with Crippen molar-refractivity contribution in [3.05, 3.63) is 78.3 Å². The highest BCUT2D eigenvalue weighted by Gasteiger charge is 2.14. The normalized spacial score (nSPS) is 10.4. The zero-order chi connectivity index (χ0) is 23.2. The maximum absolute atomic E-state index is 6.17. The van der Waals surface area contributed by atoms with Crippen molar-refractivity contribution in [2.45, 2.75) is 6.54 Å². The first-order chi connectivity index (χ1) is 16.1. The Bertz CT molecular complexity index is 1340. The van der Waals surface area contributed by atoms with Gasteiger partial charge in [-0.15, -0.1) is 6.58 Å². The van der Waals surface area contributed by atoms with Crippen molar-refractivity contribution in [1.29, 1.82) is 0 Å². The number of fused-ring (bicyclic) bond motifs is 1. The van der Waals surface area contributed by atoms with Crippen LogP contribution in [0.5, 0.6) is 11.5 Å². The summed E-state index contributed by atoms with van der Waals surface area (Å²) in [5.41, 5.74) is 10.1. The third-order valence-electron chi connectivity index (χ3n) is 4.95. The zero-order valence-electron chi connectivity index (χ0n) is 18.5. The smallest absolute Gasteiger partial charge is 0.164 e. The standard InChI is InChI=1S/C25H24N6O2/c1-4-10-27-19-7-5-6-18(11-19)15-31-25-23(24(26)28-16-29-25)22(30-31)9-8-17-12-20(32-2)14-21(13-17)33-3/h4-7,11-14,16,27H,1,10,15H2,2-3H3,(H2,26,28,29). The summed E-state index contributed by atoms with van der Waals surface area (Å²) in [6.45, 7) is 4.93. The molecule has 0 aliphatic rings. The molecule has 0 aliphatic carbocycles. The maximum Gasteiger partial charge on any atom is 0.164 e. The molecule has 0 bridgehead atoms. The molecule has 0 spiro atoms. The van der Waals surface area contributed by atoms with Crippen LogP contribution in [0, 0.1) is 11.8 Å². The molecule has 0 atom stereocenters. The topological polar surface area (TPSA) is 100 Å². The molecule has 0 fully saturated rings. The number of nitrogen functional groups attached to an aromatic ring is 1. The van der Waals surface area contributed by atoms with Gasteiger partial charge in [-0.1, -0.05) is 24.1 Å². The van der Waals surface area contributed by atoms with Gasteiger partial charge in [-0.3, -0.25) is 0 Å². The summed E-state index contributed by atoms with van der Waals surface area (Å²) in [5.74, 6) is 7.88. The van der Waals surface area contributed by atoms with E-state index in [4.69, 9.17) is 20.3 Å². The highest BCUT2D eigenvalue weighted by Crippen LogP contribution is 2.24. The molecule has 2 aromatic heterocycles. The number of benzene rings is 2. The third kappa shape index (κ3) is 4.88. The summed E-state index contributed by atoms with van der Waals surface area (Å²) >= 11 is 0. The van der Waals surface area contributed by atoms with Crippen molar-refractivity contribution in [2.75, 3.05) is 31.8 Å². The van der Waals surface area contributed by atoms with Gasteiger partial charge in [0, 0.05) is 23.9 Å². The molecule has 0 radical (unpaired) electrons. The first kappa shape index (κ1) is 21.7. The molecule has 0 saturated carbocycles. The van der Waals surface area contributed by atoms with Gasteiger partial charge in [-0.05, 0) is 35.7 Å². The zero-order valence-corrected chi connectivity index (χ0v) is 18.5. The number of aromatic nitrogens is 4. The number of nitrogens with two attached hydrogens (primary N) is 1. The van der Waals surface area contributed by atoms with Gasteiger partial charge in [0.25, 0.3) is 0 Å². The van der Waals surface area contributed by atoms with Gasteiger partial charge < -0.3 is 20.5 Å². The van der Waals surface area contributed by atoms with Crippen LogP contribution in [0.25, 0.3) is 11.0 Å². The molecule has 2 aromatic carbocycles. The lowest BCUT2D eigenvalue weighted by atomic mass is 10.2. The number of hydrogen-bond acceptors (Lipinski definition) is 7. The van der Waals surface area contributed by atoms with Crippen molar-refractivity contribution in [1.82, 2.24) is 19.7 Å². The van der Waals surface area contributed by atoms with Crippen molar-refractivity contribution in [3.8, 4) is 23.3 Å². The van der Waals surface area contributed by atoms with Gasteiger partial charge in [-0.25, -0.2) is 14.6 Å². The molecule has 4 aromatic rings. The lowest BCUT2D eigenvalue weighted by molar-refractivity contribution is 0.394. The van der Waals surface area contributed by atoms with Crippen LogP contribution in [0.4, 0.5) is 11.5 Å². The SMILES string of the molecule is C=CCNc1cccc(Cn2nc(C#Cc3cc(OC)cc(OC)c3)c3c(N)ncnc32)c1. The Labute approximate surface area is 192 Å². The van der Waals surface area contributed by atoms with E-state index in [2.05, 4.69) is 39.8 Å². The van der Waals surface area contributed by atoms with Crippen LogP contribution in [0.15, 0.2) is 61.4 Å². The molecule has 2 heterocycles. The summed E-state index contributed by atoms with van der Waals surface area (Å²) < 4.78 is 12.4. The van der Waals surface area contributed by atoms with Gasteiger partial charge in [0.1, 0.15) is 29.3 Å². The third-order valence-corrected chi connectivity index (χ3v) is 4.95. The second-order valence-corrected chi connectivity index (χ2v) is 7.19. The Kier molecular flexibility index (Phi) is 6.41.